The molecule has 2 aliphatic heterocycles. The minimum atomic E-state index is -0.531. The average molecular weight is 265 g/mol. The number of carbonyl (C=O) groups is 1. The van der Waals surface area contributed by atoms with Crippen LogP contribution in [-0.4, -0.2) is 53.5 Å². The molecule has 1 aliphatic carbocycles. The van der Waals surface area contributed by atoms with Crippen molar-refractivity contribution in [2.45, 2.75) is 62.9 Å². The van der Waals surface area contributed by atoms with Crippen LogP contribution in [0.3, 0.4) is 0 Å². The summed E-state index contributed by atoms with van der Waals surface area (Å²) >= 11 is 0. The van der Waals surface area contributed by atoms with Gasteiger partial charge in [0.1, 0.15) is 0 Å². The summed E-state index contributed by atoms with van der Waals surface area (Å²) in [6.45, 7) is 4.28. The molecule has 3 fully saturated rings. The summed E-state index contributed by atoms with van der Waals surface area (Å²) in [5.41, 5.74) is 5.77. The topological polar surface area (TPSA) is 49.6 Å². The summed E-state index contributed by atoms with van der Waals surface area (Å²) in [6.07, 6.45) is 9.17. The minimum absolute atomic E-state index is 0.226. The quantitative estimate of drug-likeness (QED) is 0.820. The molecule has 0 aromatic rings. The summed E-state index contributed by atoms with van der Waals surface area (Å²) in [5, 5.41) is 0. The van der Waals surface area contributed by atoms with Crippen molar-refractivity contribution >= 4 is 5.91 Å². The van der Waals surface area contributed by atoms with Gasteiger partial charge in [0.2, 0.25) is 5.91 Å². The molecule has 1 amide bonds. The maximum atomic E-state index is 12.6. The van der Waals surface area contributed by atoms with E-state index in [4.69, 9.17) is 5.73 Å². The maximum Gasteiger partial charge on any atom is 0.242 e. The predicted molar refractivity (Wildman–Crippen MR) is 75.8 cm³/mol. The van der Waals surface area contributed by atoms with Crippen molar-refractivity contribution in [3.05, 3.63) is 0 Å². The monoisotopic (exact) mass is 265 g/mol. The van der Waals surface area contributed by atoms with Crippen LogP contribution >= 0.6 is 0 Å². The summed E-state index contributed by atoms with van der Waals surface area (Å²) in [6, 6.07) is 0.592. The highest BCUT2D eigenvalue weighted by atomic mass is 16.2. The van der Waals surface area contributed by atoms with Gasteiger partial charge in [0.05, 0.1) is 5.54 Å². The summed E-state index contributed by atoms with van der Waals surface area (Å²) < 4.78 is 0. The molecule has 0 radical (unpaired) electrons. The van der Waals surface area contributed by atoms with E-state index in [1.54, 1.807) is 0 Å². The fourth-order valence-corrected chi connectivity index (χ4v) is 4.04. The Kier molecular flexibility index (Phi) is 3.81. The third-order valence-electron chi connectivity index (χ3n) is 5.28. The normalized spacial score (nSPS) is 31.8. The molecule has 1 saturated carbocycles. The van der Waals surface area contributed by atoms with E-state index < -0.39 is 5.54 Å². The molecular weight excluding hydrogens is 238 g/mol. The molecular formula is C15H27N3O. The highest BCUT2D eigenvalue weighted by molar-refractivity contribution is 5.86. The van der Waals surface area contributed by atoms with E-state index in [2.05, 4.69) is 4.90 Å². The largest absolute Gasteiger partial charge is 0.339 e. The maximum absolute atomic E-state index is 12.6. The smallest absolute Gasteiger partial charge is 0.242 e. The molecule has 1 unspecified atom stereocenters. The lowest BCUT2D eigenvalue weighted by molar-refractivity contribution is -0.135. The van der Waals surface area contributed by atoms with Gasteiger partial charge in [-0.15, -0.1) is 0 Å². The first-order valence-electron chi connectivity index (χ1n) is 8.01. The van der Waals surface area contributed by atoms with E-state index in [0.717, 1.165) is 45.2 Å². The van der Waals surface area contributed by atoms with Gasteiger partial charge in [0.15, 0.2) is 0 Å². The van der Waals surface area contributed by atoms with Gasteiger partial charge >= 0.3 is 0 Å². The van der Waals surface area contributed by atoms with Gasteiger partial charge in [-0.2, -0.15) is 0 Å². The molecule has 19 heavy (non-hydrogen) atoms. The minimum Gasteiger partial charge on any atom is -0.339 e. The van der Waals surface area contributed by atoms with Gasteiger partial charge < -0.3 is 10.6 Å². The van der Waals surface area contributed by atoms with E-state index in [-0.39, 0.29) is 5.91 Å². The van der Waals surface area contributed by atoms with Crippen molar-refractivity contribution in [1.29, 1.82) is 0 Å². The first kappa shape index (κ1) is 13.4. The van der Waals surface area contributed by atoms with Crippen molar-refractivity contribution in [1.82, 2.24) is 9.80 Å². The Hall–Kier alpha value is -0.610. The Morgan fingerprint density at radius 1 is 1.00 bits per heavy atom. The van der Waals surface area contributed by atoms with Crippen LogP contribution in [0.25, 0.3) is 0 Å². The third-order valence-corrected chi connectivity index (χ3v) is 5.28. The molecule has 108 valence electrons. The van der Waals surface area contributed by atoms with Crippen LogP contribution in [0.5, 0.6) is 0 Å². The molecule has 2 N–H and O–H groups in total. The van der Waals surface area contributed by atoms with Gasteiger partial charge in [0, 0.05) is 19.1 Å². The number of nitrogens with zero attached hydrogens (tertiary/aromatic N) is 2. The van der Waals surface area contributed by atoms with Crippen molar-refractivity contribution in [2.24, 2.45) is 5.73 Å². The van der Waals surface area contributed by atoms with Crippen LogP contribution in [0.15, 0.2) is 0 Å². The second kappa shape index (κ2) is 5.41. The number of carbonyl (C=O) groups excluding carboxylic acids is 1. The second-order valence-electron chi connectivity index (χ2n) is 6.65. The van der Waals surface area contributed by atoms with Crippen molar-refractivity contribution < 1.29 is 4.79 Å². The Morgan fingerprint density at radius 2 is 1.68 bits per heavy atom. The zero-order chi connectivity index (χ0) is 13.3. The number of hydrogen-bond acceptors (Lipinski definition) is 3. The molecule has 0 bridgehead atoms. The highest BCUT2D eigenvalue weighted by Crippen LogP contribution is 2.31. The Bertz CT molecular complexity index is 332. The molecule has 1 atom stereocenters. The first-order chi connectivity index (χ1) is 9.19. The van der Waals surface area contributed by atoms with Gasteiger partial charge in [-0.05, 0) is 45.2 Å². The summed E-state index contributed by atoms with van der Waals surface area (Å²) in [5.74, 6) is 0.226. The lowest BCUT2D eigenvalue weighted by atomic mass is 9.97. The molecule has 4 heteroatoms. The zero-order valence-electron chi connectivity index (χ0n) is 11.9. The fourth-order valence-electron chi connectivity index (χ4n) is 4.04. The SMILES string of the molecule is NC1(C(=O)N2CCC(N3CCCCC3)C2)CCCC1. The molecule has 3 rings (SSSR count). The van der Waals surface area contributed by atoms with E-state index in [0.29, 0.717) is 6.04 Å². The predicted octanol–water partition coefficient (Wildman–Crippen LogP) is 1.34. The second-order valence-corrected chi connectivity index (χ2v) is 6.65. The van der Waals surface area contributed by atoms with Crippen LogP contribution in [0.1, 0.15) is 51.4 Å². The molecule has 0 aromatic carbocycles. The van der Waals surface area contributed by atoms with Crippen LogP contribution in [0.2, 0.25) is 0 Å². The number of amides is 1. The lowest BCUT2D eigenvalue weighted by Crippen LogP contribution is -2.53. The molecule has 2 heterocycles. The van der Waals surface area contributed by atoms with Crippen LogP contribution in [0, 0.1) is 0 Å². The van der Waals surface area contributed by atoms with E-state index in [1.807, 2.05) is 4.90 Å². The average Bonchev–Trinajstić information content (AvgIpc) is 3.09. The Labute approximate surface area is 116 Å². The van der Waals surface area contributed by atoms with Gasteiger partial charge in [-0.3, -0.25) is 9.69 Å². The van der Waals surface area contributed by atoms with Crippen molar-refractivity contribution in [2.75, 3.05) is 26.2 Å². The molecule has 0 aromatic heterocycles. The third kappa shape index (κ3) is 2.65. The Morgan fingerprint density at radius 3 is 2.37 bits per heavy atom. The lowest BCUT2D eigenvalue weighted by Gasteiger charge is -2.33. The van der Waals surface area contributed by atoms with Gasteiger partial charge in [-0.25, -0.2) is 0 Å². The van der Waals surface area contributed by atoms with E-state index in [1.165, 1.54) is 32.4 Å². The zero-order valence-corrected chi connectivity index (χ0v) is 11.9. The molecule has 2 saturated heterocycles. The Balaban J connectivity index is 1.57. The number of likely N-dealkylation sites (tertiary alicyclic amines) is 2. The molecule has 4 nitrogen and oxygen atoms in total. The summed E-state index contributed by atoms with van der Waals surface area (Å²) in [4.78, 5) is 17.2. The van der Waals surface area contributed by atoms with Crippen LogP contribution < -0.4 is 5.73 Å². The fraction of sp³-hybridized carbons (Fsp3) is 0.933. The van der Waals surface area contributed by atoms with Crippen molar-refractivity contribution in [3.8, 4) is 0 Å². The number of piperidine rings is 1. The van der Waals surface area contributed by atoms with Crippen LogP contribution in [0.4, 0.5) is 0 Å². The van der Waals surface area contributed by atoms with E-state index in [9.17, 15) is 4.79 Å². The molecule has 3 aliphatic rings. The van der Waals surface area contributed by atoms with E-state index >= 15 is 0 Å². The van der Waals surface area contributed by atoms with Gasteiger partial charge in [0.25, 0.3) is 0 Å². The highest BCUT2D eigenvalue weighted by Gasteiger charge is 2.42. The number of hydrogen-bond donors (Lipinski definition) is 1. The number of nitrogens with two attached hydrogens (primary N) is 1. The number of rotatable bonds is 2. The standard InChI is InChI=1S/C15H27N3O/c16-15(7-2-3-8-15)14(19)18-11-6-13(12-18)17-9-4-1-5-10-17/h13H,1-12,16H2. The van der Waals surface area contributed by atoms with Crippen molar-refractivity contribution in [3.63, 3.8) is 0 Å². The van der Waals surface area contributed by atoms with Crippen LogP contribution in [-0.2, 0) is 4.79 Å². The first-order valence-corrected chi connectivity index (χ1v) is 8.01. The summed E-state index contributed by atoms with van der Waals surface area (Å²) in [7, 11) is 0. The van der Waals surface area contributed by atoms with Gasteiger partial charge in [-0.1, -0.05) is 19.3 Å². The molecule has 0 spiro atoms.